The van der Waals surface area contributed by atoms with Crippen LogP contribution in [-0.2, 0) is 14.2 Å². The van der Waals surface area contributed by atoms with Crippen LogP contribution in [0.25, 0.3) is 0 Å². The molecule has 12 heteroatoms. The van der Waals surface area contributed by atoms with Gasteiger partial charge in [-0.15, -0.1) is 0 Å². The summed E-state index contributed by atoms with van der Waals surface area (Å²) in [6.07, 6.45) is -2.24. The third-order valence-corrected chi connectivity index (χ3v) is 5.31. The molecule has 1 aromatic carbocycles. The Morgan fingerprint density at radius 3 is 2.29 bits per heavy atom. The number of anilines is 2. The van der Waals surface area contributed by atoms with E-state index in [-0.39, 0.29) is 56.8 Å². The Labute approximate surface area is 203 Å². The number of benzene rings is 1. The van der Waals surface area contributed by atoms with Crippen molar-refractivity contribution < 1.29 is 37.4 Å². The molecule has 3 amide bonds. The molecule has 2 heterocycles. The molecule has 1 aromatic rings. The topological polar surface area (TPSA) is 101 Å². The van der Waals surface area contributed by atoms with Gasteiger partial charge in [-0.3, -0.25) is 4.90 Å². The Balaban J connectivity index is 1.68. The Morgan fingerprint density at radius 2 is 1.74 bits per heavy atom. The number of ether oxygens (including phenoxy) is 3. The largest absolute Gasteiger partial charge is 0.447 e. The van der Waals surface area contributed by atoms with Gasteiger partial charge in [0.1, 0.15) is 17.9 Å². The lowest BCUT2D eigenvalue weighted by Gasteiger charge is -2.37. The summed E-state index contributed by atoms with van der Waals surface area (Å²) in [6, 6.07) is 1.46. The number of alkyl carbamates (subject to hydrolysis) is 1. The number of halogens is 2. The number of carbonyl (C=O) groups is 3. The lowest BCUT2D eigenvalue weighted by molar-refractivity contribution is 0.0240. The van der Waals surface area contributed by atoms with Gasteiger partial charge in [-0.25, -0.2) is 23.2 Å². The van der Waals surface area contributed by atoms with Gasteiger partial charge in [0.2, 0.25) is 0 Å². The van der Waals surface area contributed by atoms with E-state index >= 15 is 8.78 Å². The number of piperazine rings is 1. The van der Waals surface area contributed by atoms with Crippen molar-refractivity contribution in [1.82, 2.24) is 10.2 Å². The summed E-state index contributed by atoms with van der Waals surface area (Å²) in [6.45, 7) is 9.52. The zero-order valence-electron chi connectivity index (χ0n) is 20.6. The molecule has 1 unspecified atom stereocenters. The van der Waals surface area contributed by atoms with Gasteiger partial charge in [0.15, 0.2) is 11.6 Å². The van der Waals surface area contributed by atoms with Crippen LogP contribution in [-0.4, -0.2) is 80.3 Å². The number of rotatable bonds is 5. The normalized spacial score (nSPS) is 18.6. The molecule has 3 rings (SSSR count). The van der Waals surface area contributed by atoms with E-state index < -0.39 is 41.6 Å². The molecule has 2 fully saturated rings. The van der Waals surface area contributed by atoms with Crippen LogP contribution >= 0.6 is 0 Å². The van der Waals surface area contributed by atoms with Crippen LogP contribution in [0.2, 0.25) is 0 Å². The Kier molecular flexibility index (Phi) is 7.91. The molecule has 0 aliphatic carbocycles. The number of carbonyl (C=O) groups excluding carboxylic acids is 3. The standard InChI is InChI=1S/C23H32F2N4O6/c1-14(2)34-20(30)26-12-16-13-33-22(32)29(16)15-10-17(24)19(18(25)11-15)27-6-8-28(9-7-27)21(31)35-23(3,4)5/h10-11,14,16H,6-9,12-13H2,1-5H3,(H,26,30). The second kappa shape index (κ2) is 10.5. The van der Waals surface area contributed by atoms with E-state index in [0.717, 1.165) is 17.0 Å². The first-order chi connectivity index (χ1) is 16.4. The molecule has 0 bridgehead atoms. The smallest absolute Gasteiger partial charge is 0.414 e. The van der Waals surface area contributed by atoms with Gasteiger partial charge >= 0.3 is 18.3 Å². The average molecular weight is 499 g/mol. The fourth-order valence-corrected chi connectivity index (χ4v) is 3.82. The summed E-state index contributed by atoms with van der Waals surface area (Å²) in [4.78, 5) is 40.4. The molecule has 2 aliphatic rings. The highest BCUT2D eigenvalue weighted by atomic mass is 19.1. The van der Waals surface area contributed by atoms with E-state index in [1.165, 1.54) is 9.80 Å². The van der Waals surface area contributed by atoms with Crippen LogP contribution in [0.15, 0.2) is 12.1 Å². The predicted molar refractivity (Wildman–Crippen MR) is 124 cm³/mol. The van der Waals surface area contributed by atoms with Crippen LogP contribution in [0.4, 0.5) is 34.5 Å². The Bertz CT molecular complexity index is 937. The van der Waals surface area contributed by atoms with Crippen LogP contribution in [0.5, 0.6) is 0 Å². The first-order valence-corrected chi connectivity index (χ1v) is 11.5. The minimum absolute atomic E-state index is 0.0189. The first kappa shape index (κ1) is 26.3. The van der Waals surface area contributed by atoms with E-state index in [4.69, 9.17) is 14.2 Å². The number of cyclic esters (lactones) is 1. The highest BCUT2D eigenvalue weighted by molar-refractivity contribution is 5.90. The van der Waals surface area contributed by atoms with E-state index in [0.29, 0.717) is 0 Å². The fourth-order valence-electron chi connectivity index (χ4n) is 3.82. The van der Waals surface area contributed by atoms with Crippen LogP contribution < -0.4 is 15.1 Å². The van der Waals surface area contributed by atoms with E-state index in [1.54, 1.807) is 34.6 Å². The third-order valence-electron chi connectivity index (χ3n) is 5.31. The Hall–Kier alpha value is -3.31. The number of hydrogen-bond acceptors (Lipinski definition) is 7. The van der Waals surface area contributed by atoms with Gasteiger partial charge in [-0.1, -0.05) is 0 Å². The maximum absolute atomic E-state index is 15.1. The minimum Gasteiger partial charge on any atom is -0.447 e. The lowest BCUT2D eigenvalue weighted by atomic mass is 10.1. The maximum atomic E-state index is 15.1. The van der Waals surface area contributed by atoms with Crippen molar-refractivity contribution in [3.63, 3.8) is 0 Å². The zero-order valence-corrected chi connectivity index (χ0v) is 20.6. The molecule has 35 heavy (non-hydrogen) atoms. The van der Waals surface area contributed by atoms with Crippen molar-refractivity contribution in [3.8, 4) is 0 Å². The molecular formula is C23H32F2N4O6. The highest BCUT2D eigenvalue weighted by Crippen LogP contribution is 2.32. The van der Waals surface area contributed by atoms with Crippen molar-refractivity contribution >= 4 is 29.7 Å². The molecule has 10 nitrogen and oxygen atoms in total. The van der Waals surface area contributed by atoms with Gasteiger partial charge in [-0.2, -0.15) is 0 Å². The summed E-state index contributed by atoms with van der Waals surface area (Å²) in [5, 5.41) is 2.52. The van der Waals surface area contributed by atoms with Crippen molar-refractivity contribution in [2.75, 3.05) is 49.1 Å². The molecule has 1 atom stereocenters. The molecule has 0 aromatic heterocycles. The SMILES string of the molecule is CC(C)OC(=O)NCC1COC(=O)N1c1cc(F)c(N2CCN(C(=O)OC(C)(C)C)CC2)c(F)c1. The maximum Gasteiger partial charge on any atom is 0.414 e. The Morgan fingerprint density at radius 1 is 1.14 bits per heavy atom. The van der Waals surface area contributed by atoms with Crippen molar-refractivity contribution in [3.05, 3.63) is 23.8 Å². The molecule has 2 saturated heterocycles. The van der Waals surface area contributed by atoms with Gasteiger partial charge in [0.25, 0.3) is 0 Å². The average Bonchev–Trinajstić information content (AvgIpc) is 3.11. The second-order valence-corrected chi connectivity index (χ2v) is 9.65. The molecule has 0 radical (unpaired) electrons. The number of hydrogen-bond donors (Lipinski definition) is 1. The van der Waals surface area contributed by atoms with Crippen LogP contribution in [0.3, 0.4) is 0 Å². The summed E-state index contributed by atoms with van der Waals surface area (Å²) < 4.78 is 45.5. The molecule has 0 saturated carbocycles. The number of nitrogens with one attached hydrogen (secondary N) is 1. The van der Waals surface area contributed by atoms with E-state index in [1.807, 2.05) is 0 Å². The predicted octanol–water partition coefficient (Wildman–Crippen LogP) is 3.48. The van der Waals surface area contributed by atoms with Crippen molar-refractivity contribution in [2.24, 2.45) is 0 Å². The molecular weight excluding hydrogens is 466 g/mol. The molecule has 194 valence electrons. The van der Waals surface area contributed by atoms with Crippen LogP contribution in [0.1, 0.15) is 34.6 Å². The molecule has 2 aliphatic heterocycles. The zero-order chi connectivity index (χ0) is 25.9. The van der Waals surface area contributed by atoms with Gasteiger partial charge in [0, 0.05) is 44.9 Å². The monoisotopic (exact) mass is 498 g/mol. The van der Waals surface area contributed by atoms with E-state index in [2.05, 4.69) is 5.32 Å². The molecule has 1 N–H and O–H groups in total. The third kappa shape index (κ3) is 6.64. The fraction of sp³-hybridized carbons (Fsp3) is 0.609. The molecule has 0 spiro atoms. The highest BCUT2D eigenvalue weighted by Gasteiger charge is 2.36. The second-order valence-electron chi connectivity index (χ2n) is 9.65. The minimum atomic E-state index is -0.851. The summed E-state index contributed by atoms with van der Waals surface area (Å²) >= 11 is 0. The summed E-state index contributed by atoms with van der Waals surface area (Å²) in [7, 11) is 0. The van der Waals surface area contributed by atoms with E-state index in [9.17, 15) is 14.4 Å². The van der Waals surface area contributed by atoms with Gasteiger partial charge < -0.3 is 29.3 Å². The van der Waals surface area contributed by atoms with Crippen molar-refractivity contribution in [2.45, 2.75) is 52.4 Å². The van der Waals surface area contributed by atoms with Gasteiger partial charge in [0.05, 0.1) is 17.8 Å². The van der Waals surface area contributed by atoms with Crippen LogP contribution in [0, 0.1) is 11.6 Å². The number of amides is 3. The van der Waals surface area contributed by atoms with Gasteiger partial charge in [-0.05, 0) is 34.6 Å². The first-order valence-electron chi connectivity index (χ1n) is 11.5. The summed E-state index contributed by atoms with van der Waals surface area (Å²) in [5.41, 5.74) is -0.899. The summed E-state index contributed by atoms with van der Waals surface area (Å²) in [5.74, 6) is -1.70. The lowest BCUT2D eigenvalue weighted by Crippen LogP contribution is -2.50. The quantitative estimate of drug-likeness (QED) is 0.621. The number of nitrogens with zero attached hydrogens (tertiary/aromatic N) is 3. The van der Waals surface area contributed by atoms with Crippen molar-refractivity contribution in [1.29, 1.82) is 0 Å².